The number of aromatic nitrogens is 1. The maximum absolute atomic E-state index is 2.49. The highest BCUT2D eigenvalue weighted by atomic mass is 15.1. The predicted molar refractivity (Wildman–Crippen MR) is 273 cm³/mol. The molecule has 0 N–H and O–H groups in total. The first-order chi connectivity index (χ1) is 32.2. The number of anilines is 3. The number of rotatable bonds is 7. The van der Waals surface area contributed by atoms with Crippen molar-refractivity contribution in [1.29, 1.82) is 0 Å². The van der Waals surface area contributed by atoms with Gasteiger partial charge in [0.05, 0.1) is 22.1 Å². The second-order valence-corrected chi connectivity index (χ2v) is 17.3. The summed E-state index contributed by atoms with van der Waals surface area (Å²) >= 11 is 0. The summed E-state index contributed by atoms with van der Waals surface area (Å²) in [6.45, 7) is 0. The average molecular weight is 827 g/mol. The van der Waals surface area contributed by atoms with E-state index in [1.54, 1.807) is 0 Å². The van der Waals surface area contributed by atoms with Gasteiger partial charge in [-0.3, -0.25) is 0 Å². The quantitative estimate of drug-likeness (QED) is 0.155. The summed E-state index contributed by atoms with van der Waals surface area (Å²) in [5, 5.41) is 7.33. The van der Waals surface area contributed by atoms with Crippen LogP contribution in [0.15, 0.2) is 255 Å². The molecule has 0 aliphatic heterocycles. The van der Waals surface area contributed by atoms with Crippen LogP contribution in [0.2, 0.25) is 0 Å². The van der Waals surface area contributed by atoms with Gasteiger partial charge in [0.15, 0.2) is 0 Å². The minimum atomic E-state index is -0.490. The first-order valence-electron chi connectivity index (χ1n) is 22.5. The second kappa shape index (κ2) is 14.8. The highest BCUT2D eigenvalue weighted by Crippen LogP contribution is 2.56. The molecule has 0 atom stereocenters. The van der Waals surface area contributed by atoms with Gasteiger partial charge in [-0.2, -0.15) is 0 Å². The summed E-state index contributed by atoms with van der Waals surface area (Å²) < 4.78 is 2.49. The molecule has 0 amide bonds. The zero-order chi connectivity index (χ0) is 42.9. The molecule has 65 heavy (non-hydrogen) atoms. The third kappa shape index (κ3) is 5.74. The van der Waals surface area contributed by atoms with E-state index in [1.807, 2.05) is 0 Å². The number of para-hydroxylation sites is 1. The molecule has 2 heteroatoms. The Labute approximate surface area is 378 Å². The zero-order valence-electron chi connectivity index (χ0n) is 35.6. The summed E-state index contributed by atoms with van der Waals surface area (Å²) in [6.07, 6.45) is 0. The molecule has 1 aliphatic carbocycles. The largest absolute Gasteiger partial charge is 0.310 e. The van der Waals surface area contributed by atoms with Crippen LogP contribution in [0.1, 0.15) is 22.3 Å². The SMILES string of the molecule is c1ccc(C2(c3ccccc3)c3ccccc3-c3ccc(-n4c5ccccc5c5ccc(-c6cccc(N(c7ccc8ccccc8c7)c7cccc8ccccc78)c6)cc54)cc32)cc1. The number of nitrogens with zero attached hydrogens (tertiary/aromatic N) is 2. The average Bonchev–Trinajstić information content (AvgIpc) is 3.87. The molecule has 1 aromatic heterocycles. The van der Waals surface area contributed by atoms with Crippen molar-refractivity contribution < 1.29 is 0 Å². The van der Waals surface area contributed by atoms with Gasteiger partial charge < -0.3 is 9.47 Å². The molecule has 0 spiro atoms. The van der Waals surface area contributed by atoms with E-state index in [4.69, 9.17) is 0 Å². The van der Waals surface area contributed by atoms with Crippen LogP contribution in [0.25, 0.3) is 71.3 Å². The van der Waals surface area contributed by atoms with Gasteiger partial charge in [-0.25, -0.2) is 0 Å². The molecule has 1 aliphatic rings. The summed E-state index contributed by atoms with van der Waals surface area (Å²) in [4.78, 5) is 2.42. The van der Waals surface area contributed by atoms with Crippen molar-refractivity contribution in [1.82, 2.24) is 4.57 Å². The lowest BCUT2D eigenvalue weighted by atomic mass is 9.67. The highest BCUT2D eigenvalue weighted by molar-refractivity contribution is 6.10. The highest BCUT2D eigenvalue weighted by Gasteiger charge is 2.46. The maximum atomic E-state index is 2.49. The smallest absolute Gasteiger partial charge is 0.0714 e. The van der Waals surface area contributed by atoms with Crippen LogP contribution in [0.3, 0.4) is 0 Å². The maximum Gasteiger partial charge on any atom is 0.0714 e. The fourth-order valence-electron chi connectivity index (χ4n) is 11.0. The fraction of sp³-hybridized carbons (Fsp3) is 0.0159. The van der Waals surface area contributed by atoms with Crippen molar-refractivity contribution in [3.63, 3.8) is 0 Å². The zero-order valence-corrected chi connectivity index (χ0v) is 35.6. The first-order valence-corrected chi connectivity index (χ1v) is 22.5. The summed E-state index contributed by atoms with van der Waals surface area (Å²) in [6, 6.07) is 93.9. The van der Waals surface area contributed by atoms with E-state index in [2.05, 4.69) is 264 Å². The number of benzene rings is 11. The van der Waals surface area contributed by atoms with Gasteiger partial charge in [0, 0.05) is 33.2 Å². The van der Waals surface area contributed by atoms with Crippen LogP contribution < -0.4 is 4.90 Å². The van der Waals surface area contributed by atoms with Crippen molar-refractivity contribution in [2.45, 2.75) is 5.41 Å². The van der Waals surface area contributed by atoms with E-state index >= 15 is 0 Å². The van der Waals surface area contributed by atoms with Crippen molar-refractivity contribution in [3.8, 4) is 27.9 Å². The topological polar surface area (TPSA) is 8.17 Å². The van der Waals surface area contributed by atoms with Gasteiger partial charge >= 0.3 is 0 Å². The Morgan fingerprint density at radius 3 is 1.77 bits per heavy atom. The molecule has 13 rings (SSSR count). The third-order valence-corrected chi connectivity index (χ3v) is 13.8. The molecule has 11 aromatic carbocycles. The van der Waals surface area contributed by atoms with E-state index in [0.29, 0.717) is 0 Å². The Morgan fingerprint density at radius 2 is 0.938 bits per heavy atom. The third-order valence-electron chi connectivity index (χ3n) is 13.8. The molecule has 1 heterocycles. The van der Waals surface area contributed by atoms with Crippen molar-refractivity contribution in [3.05, 3.63) is 277 Å². The lowest BCUT2D eigenvalue weighted by molar-refractivity contribution is 0.767. The van der Waals surface area contributed by atoms with Crippen molar-refractivity contribution >= 4 is 60.4 Å². The van der Waals surface area contributed by atoms with E-state index in [-0.39, 0.29) is 0 Å². The van der Waals surface area contributed by atoms with Crippen LogP contribution in [0, 0.1) is 0 Å². The first kappa shape index (κ1) is 37.1. The van der Waals surface area contributed by atoms with Crippen molar-refractivity contribution in [2.24, 2.45) is 0 Å². The molecule has 0 radical (unpaired) electrons. The van der Waals surface area contributed by atoms with Crippen molar-refractivity contribution in [2.75, 3.05) is 4.90 Å². The monoisotopic (exact) mass is 826 g/mol. The Kier molecular flexibility index (Phi) is 8.47. The molecule has 304 valence electrons. The van der Waals surface area contributed by atoms with E-state index in [1.165, 1.54) is 76.7 Å². The molecule has 0 saturated carbocycles. The summed E-state index contributed by atoms with van der Waals surface area (Å²) in [7, 11) is 0. The van der Waals surface area contributed by atoms with Gasteiger partial charge in [0.2, 0.25) is 0 Å². The molecular weight excluding hydrogens is 785 g/mol. The van der Waals surface area contributed by atoms with Crippen LogP contribution in [0.4, 0.5) is 17.1 Å². The van der Waals surface area contributed by atoms with Crippen LogP contribution in [-0.4, -0.2) is 4.57 Å². The molecule has 0 saturated heterocycles. The standard InChI is InChI=1S/C63H42N2/c1-3-22-48(23-4-1)63(49-24-5-2-6-25-49)58-30-13-11-28-54(58)55-38-36-52(42-59(55)63)65-61-31-14-12-29-56(61)57-37-34-47(41-62(57)65)46-21-15-26-50(40-46)64(51-35-33-43-17-7-8-19-45(43)39-51)60-32-16-20-44-18-9-10-27-53(44)60/h1-42H. The second-order valence-electron chi connectivity index (χ2n) is 17.3. The molecule has 0 bridgehead atoms. The van der Waals surface area contributed by atoms with Crippen LogP contribution in [-0.2, 0) is 5.41 Å². The minimum absolute atomic E-state index is 0.490. The number of hydrogen-bond donors (Lipinski definition) is 0. The predicted octanol–water partition coefficient (Wildman–Crippen LogP) is 16.6. The summed E-state index contributed by atoms with van der Waals surface area (Å²) in [5.41, 5.74) is 16.4. The number of fused-ring (bicyclic) bond motifs is 8. The van der Waals surface area contributed by atoms with Gasteiger partial charge in [-0.15, -0.1) is 0 Å². The van der Waals surface area contributed by atoms with Crippen LogP contribution in [0.5, 0.6) is 0 Å². The normalized spacial score (nSPS) is 12.7. The van der Waals surface area contributed by atoms with Gasteiger partial charge in [-0.1, -0.05) is 200 Å². The van der Waals surface area contributed by atoms with Gasteiger partial charge in [0.1, 0.15) is 0 Å². The lowest BCUT2D eigenvalue weighted by Crippen LogP contribution is -2.28. The minimum Gasteiger partial charge on any atom is -0.310 e. The van der Waals surface area contributed by atoms with Crippen LogP contribution >= 0.6 is 0 Å². The van der Waals surface area contributed by atoms with E-state index in [9.17, 15) is 0 Å². The number of hydrogen-bond acceptors (Lipinski definition) is 1. The molecule has 0 unspecified atom stereocenters. The molecule has 0 fully saturated rings. The van der Waals surface area contributed by atoms with Gasteiger partial charge in [-0.05, 0) is 115 Å². The molecule has 2 nitrogen and oxygen atoms in total. The van der Waals surface area contributed by atoms with E-state index in [0.717, 1.165) is 33.9 Å². The lowest BCUT2D eigenvalue weighted by Gasteiger charge is -2.34. The Balaban J connectivity index is 1.01. The molecule has 12 aromatic rings. The molecular formula is C63H42N2. The van der Waals surface area contributed by atoms with E-state index < -0.39 is 5.41 Å². The Hall–Kier alpha value is -8.46. The fourth-order valence-corrected chi connectivity index (χ4v) is 11.0. The van der Waals surface area contributed by atoms with Gasteiger partial charge in [0.25, 0.3) is 0 Å². The Morgan fingerprint density at radius 1 is 0.323 bits per heavy atom. The Bertz CT molecular complexity index is 3740. The summed E-state index contributed by atoms with van der Waals surface area (Å²) in [5.74, 6) is 0.